The Bertz CT molecular complexity index is 645. The largest absolute Gasteiger partial charge is 0.478 e. The van der Waals surface area contributed by atoms with Gasteiger partial charge in [-0.15, -0.1) is 0 Å². The quantitative estimate of drug-likeness (QED) is 0.799. The predicted octanol–water partition coefficient (Wildman–Crippen LogP) is 2.19. The van der Waals surface area contributed by atoms with E-state index >= 15 is 0 Å². The van der Waals surface area contributed by atoms with E-state index in [4.69, 9.17) is 16.7 Å². The third kappa shape index (κ3) is 1.57. The van der Waals surface area contributed by atoms with Gasteiger partial charge in [-0.2, -0.15) is 0 Å². The van der Waals surface area contributed by atoms with Gasteiger partial charge in [-0.1, -0.05) is 17.7 Å². The fraction of sp³-hybridized carbons (Fsp3) is 0.0909. The average molecular weight is 238 g/mol. The summed E-state index contributed by atoms with van der Waals surface area (Å²) in [6, 6.07) is 4.27. The summed E-state index contributed by atoms with van der Waals surface area (Å²) in [5.74, 6) is -1.13. The SMILES string of the molecule is Cc1c(Cl)ccc2c(C(=O)O)cc(=O)[nH]c12. The number of aryl methyl sites for hydroxylation is 1. The molecule has 82 valence electrons. The molecule has 0 radical (unpaired) electrons. The van der Waals surface area contributed by atoms with E-state index in [0.717, 1.165) is 6.07 Å². The first kappa shape index (κ1) is 10.7. The van der Waals surface area contributed by atoms with Crippen LogP contribution in [0.15, 0.2) is 23.0 Å². The first-order valence-electron chi connectivity index (χ1n) is 4.56. The van der Waals surface area contributed by atoms with Gasteiger partial charge in [-0.05, 0) is 18.6 Å². The number of halogens is 1. The van der Waals surface area contributed by atoms with E-state index in [1.807, 2.05) is 0 Å². The second kappa shape index (κ2) is 3.64. The normalized spacial score (nSPS) is 10.6. The summed E-state index contributed by atoms with van der Waals surface area (Å²) in [6.07, 6.45) is 0. The molecule has 2 aromatic rings. The Kier molecular flexibility index (Phi) is 2.44. The van der Waals surface area contributed by atoms with Crippen molar-refractivity contribution in [1.82, 2.24) is 4.98 Å². The van der Waals surface area contributed by atoms with Crippen molar-refractivity contribution in [3.05, 3.63) is 44.7 Å². The Morgan fingerprint density at radius 3 is 2.75 bits per heavy atom. The number of carbonyl (C=O) groups is 1. The van der Waals surface area contributed by atoms with E-state index in [1.165, 1.54) is 0 Å². The molecule has 0 aliphatic carbocycles. The summed E-state index contributed by atoms with van der Waals surface area (Å²) in [5, 5.41) is 9.95. The number of benzene rings is 1. The Labute approximate surface area is 95.5 Å². The molecule has 2 N–H and O–H groups in total. The van der Waals surface area contributed by atoms with E-state index in [1.54, 1.807) is 19.1 Å². The van der Waals surface area contributed by atoms with Gasteiger partial charge >= 0.3 is 5.97 Å². The van der Waals surface area contributed by atoms with Crippen molar-refractivity contribution in [3.63, 3.8) is 0 Å². The molecule has 1 heterocycles. The van der Waals surface area contributed by atoms with Crippen LogP contribution >= 0.6 is 11.6 Å². The molecule has 0 fully saturated rings. The highest BCUT2D eigenvalue weighted by Crippen LogP contribution is 2.24. The smallest absolute Gasteiger partial charge is 0.336 e. The molecule has 5 heteroatoms. The highest BCUT2D eigenvalue weighted by molar-refractivity contribution is 6.32. The zero-order valence-corrected chi connectivity index (χ0v) is 9.13. The predicted molar refractivity (Wildman–Crippen MR) is 61.3 cm³/mol. The summed E-state index contributed by atoms with van der Waals surface area (Å²) in [4.78, 5) is 24.9. The molecule has 16 heavy (non-hydrogen) atoms. The van der Waals surface area contributed by atoms with E-state index in [-0.39, 0.29) is 5.56 Å². The number of fused-ring (bicyclic) bond motifs is 1. The molecule has 0 spiro atoms. The van der Waals surface area contributed by atoms with Gasteiger partial charge in [0.25, 0.3) is 0 Å². The van der Waals surface area contributed by atoms with Crippen LogP contribution in [0, 0.1) is 6.92 Å². The molecule has 2 rings (SSSR count). The van der Waals surface area contributed by atoms with Gasteiger partial charge in [-0.3, -0.25) is 4.79 Å². The highest BCUT2D eigenvalue weighted by atomic mass is 35.5. The first-order chi connectivity index (χ1) is 7.50. The number of hydrogen-bond donors (Lipinski definition) is 2. The van der Waals surface area contributed by atoms with Crippen LogP contribution in [-0.2, 0) is 0 Å². The number of carboxylic acids is 1. The molecular weight excluding hydrogens is 230 g/mol. The Hall–Kier alpha value is -1.81. The van der Waals surface area contributed by atoms with Crippen LogP contribution in [0.25, 0.3) is 10.9 Å². The summed E-state index contributed by atoms with van der Waals surface area (Å²) in [6.45, 7) is 1.73. The van der Waals surface area contributed by atoms with Gasteiger partial charge in [0.2, 0.25) is 5.56 Å². The van der Waals surface area contributed by atoms with Crippen molar-refractivity contribution in [2.75, 3.05) is 0 Å². The lowest BCUT2D eigenvalue weighted by molar-refractivity contribution is 0.0699. The van der Waals surface area contributed by atoms with Gasteiger partial charge in [0.15, 0.2) is 0 Å². The molecule has 0 saturated heterocycles. The number of aromatic amines is 1. The van der Waals surface area contributed by atoms with Crippen LogP contribution in [0.1, 0.15) is 15.9 Å². The zero-order chi connectivity index (χ0) is 11.9. The minimum Gasteiger partial charge on any atom is -0.478 e. The average Bonchev–Trinajstić information content (AvgIpc) is 2.23. The van der Waals surface area contributed by atoms with E-state index in [9.17, 15) is 9.59 Å². The molecule has 0 amide bonds. The van der Waals surface area contributed by atoms with Crippen LogP contribution in [0.4, 0.5) is 0 Å². The molecule has 0 aliphatic rings. The van der Waals surface area contributed by atoms with Crippen LogP contribution < -0.4 is 5.56 Å². The van der Waals surface area contributed by atoms with Gasteiger partial charge < -0.3 is 10.1 Å². The molecular formula is C11H8ClNO3. The van der Waals surface area contributed by atoms with Crippen LogP contribution in [0.2, 0.25) is 5.02 Å². The van der Waals surface area contributed by atoms with Gasteiger partial charge in [0, 0.05) is 16.5 Å². The summed E-state index contributed by atoms with van der Waals surface area (Å²) >= 11 is 5.90. The Balaban J connectivity index is 3.00. The van der Waals surface area contributed by atoms with Gasteiger partial charge in [0.05, 0.1) is 11.1 Å². The van der Waals surface area contributed by atoms with Crippen LogP contribution in [0.3, 0.4) is 0 Å². The molecule has 0 atom stereocenters. The zero-order valence-electron chi connectivity index (χ0n) is 8.37. The standard InChI is InChI=1S/C11H8ClNO3/c1-5-8(12)3-2-6-7(11(15)16)4-9(14)13-10(5)6/h2-4H,1H3,(H,13,14)(H,15,16). The van der Waals surface area contributed by atoms with Gasteiger partial charge in [0.1, 0.15) is 0 Å². The molecule has 0 unspecified atom stereocenters. The number of pyridine rings is 1. The maximum absolute atomic E-state index is 11.3. The fourth-order valence-electron chi connectivity index (χ4n) is 1.62. The molecule has 0 aliphatic heterocycles. The lowest BCUT2D eigenvalue weighted by Crippen LogP contribution is -2.10. The van der Waals surface area contributed by atoms with E-state index < -0.39 is 11.5 Å². The minimum absolute atomic E-state index is 0.0153. The van der Waals surface area contributed by atoms with Crippen molar-refractivity contribution < 1.29 is 9.90 Å². The molecule has 0 saturated carbocycles. The minimum atomic E-state index is -1.13. The maximum Gasteiger partial charge on any atom is 0.336 e. The summed E-state index contributed by atoms with van der Waals surface area (Å²) in [7, 11) is 0. The number of H-pyrrole nitrogens is 1. The Morgan fingerprint density at radius 2 is 2.12 bits per heavy atom. The number of aromatic nitrogens is 1. The second-order valence-corrected chi connectivity index (χ2v) is 3.85. The molecule has 1 aromatic heterocycles. The van der Waals surface area contributed by atoms with Crippen LogP contribution in [0.5, 0.6) is 0 Å². The van der Waals surface area contributed by atoms with Crippen molar-refractivity contribution in [3.8, 4) is 0 Å². The third-order valence-corrected chi connectivity index (χ3v) is 2.85. The topological polar surface area (TPSA) is 70.2 Å². The maximum atomic E-state index is 11.3. The number of hydrogen-bond acceptors (Lipinski definition) is 2. The fourth-order valence-corrected chi connectivity index (χ4v) is 1.77. The van der Waals surface area contributed by atoms with Crippen molar-refractivity contribution in [1.29, 1.82) is 0 Å². The number of carboxylic acid groups (broad SMARTS) is 1. The first-order valence-corrected chi connectivity index (χ1v) is 4.94. The van der Waals surface area contributed by atoms with E-state index in [0.29, 0.717) is 21.5 Å². The van der Waals surface area contributed by atoms with Crippen molar-refractivity contribution in [2.24, 2.45) is 0 Å². The lowest BCUT2D eigenvalue weighted by atomic mass is 10.1. The monoisotopic (exact) mass is 237 g/mol. The third-order valence-electron chi connectivity index (χ3n) is 2.44. The summed E-state index contributed by atoms with van der Waals surface area (Å²) in [5.41, 5.74) is 0.672. The molecule has 1 aromatic carbocycles. The molecule has 0 bridgehead atoms. The lowest BCUT2D eigenvalue weighted by Gasteiger charge is -2.06. The Morgan fingerprint density at radius 1 is 1.44 bits per heavy atom. The summed E-state index contributed by atoms with van der Waals surface area (Å²) < 4.78 is 0. The number of aromatic carboxylic acids is 1. The molecule has 4 nitrogen and oxygen atoms in total. The number of rotatable bonds is 1. The second-order valence-electron chi connectivity index (χ2n) is 3.45. The van der Waals surface area contributed by atoms with Crippen LogP contribution in [-0.4, -0.2) is 16.1 Å². The van der Waals surface area contributed by atoms with Gasteiger partial charge in [-0.25, -0.2) is 4.79 Å². The van der Waals surface area contributed by atoms with Crippen molar-refractivity contribution >= 4 is 28.5 Å². The highest BCUT2D eigenvalue weighted by Gasteiger charge is 2.12. The van der Waals surface area contributed by atoms with E-state index in [2.05, 4.69) is 4.98 Å². The number of nitrogens with one attached hydrogen (secondary N) is 1. The van der Waals surface area contributed by atoms with Crippen molar-refractivity contribution in [2.45, 2.75) is 6.92 Å².